The van der Waals surface area contributed by atoms with Crippen LogP contribution in [0, 0.1) is 13.8 Å². The molecule has 0 bridgehead atoms. The van der Waals surface area contributed by atoms with E-state index in [1.807, 2.05) is 0 Å². The van der Waals surface area contributed by atoms with Crippen LogP contribution in [0.15, 0.2) is 16.8 Å². The number of rotatable bonds is 4. The van der Waals surface area contributed by atoms with Crippen LogP contribution in [0.1, 0.15) is 49.8 Å². The van der Waals surface area contributed by atoms with Crippen LogP contribution in [0.5, 0.6) is 0 Å². The lowest BCUT2D eigenvalue weighted by Crippen LogP contribution is -2.08. The first-order valence-corrected chi connectivity index (χ1v) is 7.29. The zero-order chi connectivity index (χ0) is 13.3. The largest absolute Gasteiger partial charge is 0.376 e. The van der Waals surface area contributed by atoms with Gasteiger partial charge in [-0.3, -0.25) is 4.68 Å². The SMILES string of the molecule is Cc1nn(C(C)C)c(C)c1NC(C)c1ccsc1. The monoisotopic (exact) mass is 263 g/mol. The number of hydrogen-bond donors (Lipinski definition) is 1. The van der Waals surface area contributed by atoms with Gasteiger partial charge >= 0.3 is 0 Å². The van der Waals surface area contributed by atoms with Gasteiger partial charge in [0.05, 0.1) is 17.1 Å². The van der Waals surface area contributed by atoms with E-state index in [1.54, 1.807) is 11.3 Å². The molecule has 2 aromatic rings. The summed E-state index contributed by atoms with van der Waals surface area (Å²) < 4.78 is 2.08. The molecule has 3 nitrogen and oxygen atoms in total. The fourth-order valence-corrected chi connectivity index (χ4v) is 2.95. The van der Waals surface area contributed by atoms with Crippen LogP contribution in [-0.4, -0.2) is 9.78 Å². The molecule has 1 atom stereocenters. The third-order valence-electron chi connectivity index (χ3n) is 3.22. The minimum absolute atomic E-state index is 0.318. The molecule has 0 radical (unpaired) electrons. The molecule has 1 N–H and O–H groups in total. The van der Waals surface area contributed by atoms with Crippen molar-refractivity contribution < 1.29 is 0 Å². The molecule has 2 aromatic heterocycles. The van der Waals surface area contributed by atoms with Gasteiger partial charge in [-0.1, -0.05) is 0 Å². The van der Waals surface area contributed by atoms with Crippen molar-refractivity contribution in [2.75, 3.05) is 5.32 Å². The Morgan fingerprint density at radius 3 is 2.50 bits per heavy atom. The smallest absolute Gasteiger partial charge is 0.0828 e. The number of anilines is 1. The van der Waals surface area contributed by atoms with E-state index >= 15 is 0 Å². The van der Waals surface area contributed by atoms with E-state index in [1.165, 1.54) is 16.9 Å². The lowest BCUT2D eigenvalue weighted by atomic mass is 10.1. The molecule has 18 heavy (non-hydrogen) atoms. The van der Waals surface area contributed by atoms with Crippen molar-refractivity contribution >= 4 is 17.0 Å². The van der Waals surface area contributed by atoms with Gasteiger partial charge in [0.25, 0.3) is 0 Å². The van der Waals surface area contributed by atoms with E-state index in [2.05, 4.69) is 66.5 Å². The minimum Gasteiger partial charge on any atom is -0.376 e. The zero-order valence-electron chi connectivity index (χ0n) is 11.7. The topological polar surface area (TPSA) is 29.9 Å². The summed E-state index contributed by atoms with van der Waals surface area (Å²) in [5.41, 5.74) is 4.78. The lowest BCUT2D eigenvalue weighted by Gasteiger charge is -2.15. The van der Waals surface area contributed by atoms with Gasteiger partial charge in [0, 0.05) is 12.1 Å². The second-order valence-electron chi connectivity index (χ2n) is 5.01. The first-order valence-electron chi connectivity index (χ1n) is 6.35. The molecule has 0 aliphatic rings. The first-order chi connectivity index (χ1) is 8.50. The second-order valence-corrected chi connectivity index (χ2v) is 5.79. The summed E-state index contributed by atoms with van der Waals surface area (Å²) >= 11 is 1.74. The van der Waals surface area contributed by atoms with Gasteiger partial charge in [0.15, 0.2) is 0 Å². The van der Waals surface area contributed by atoms with Crippen molar-refractivity contribution in [2.24, 2.45) is 0 Å². The van der Waals surface area contributed by atoms with Crippen molar-refractivity contribution in [3.8, 4) is 0 Å². The molecule has 0 saturated carbocycles. The Kier molecular flexibility index (Phi) is 3.76. The second kappa shape index (κ2) is 5.14. The molecule has 0 aliphatic carbocycles. The summed E-state index contributed by atoms with van der Waals surface area (Å²) in [6.45, 7) is 10.7. The number of hydrogen-bond acceptors (Lipinski definition) is 3. The predicted octanol–water partition coefficient (Wildman–Crippen LogP) is 4.32. The minimum atomic E-state index is 0.318. The molecule has 0 aromatic carbocycles. The summed E-state index contributed by atoms with van der Waals surface area (Å²) in [6, 6.07) is 2.88. The van der Waals surface area contributed by atoms with Gasteiger partial charge in [-0.05, 0) is 57.0 Å². The summed E-state index contributed by atoms with van der Waals surface area (Å²) in [5.74, 6) is 0. The number of aromatic nitrogens is 2. The normalized spacial score (nSPS) is 13.0. The fraction of sp³-hybridized carbons (Fsp3) is 0.500. The van der Waals surface area contributed by atoms with Crippen LogP contribution < -0.4 is 5.32 Å². The van der Waals surface area contributed by atoms with Gasteiger partial charge < -0.3 is 5.32 Å². The van der Waals surface area contributed by atoms with Gasteiger partial charge in [-0.15, -0.1) is 0 Å². The third-order valence-corrected chi connectivity index (χ3v) is 3.92. The molecular formula is C14H21N3S. The van der Waals surface area contributed by atoms with Crippen LogP contribution in [0.25, 0.3) is 0 Å². The Hall–Kier alpha value is -1.29. The molecule has 0 spiro atoms. The number of thiophene rings is 1. The number of aryl methyl sites for hydroxylation is 1. The molecule has 2 heterocycles. The Balaban J connectivity index is 2.24. The molecule has 1 unspecified atom stereocenters. The quantitative estimate of drug-likeness (QED) is 0.890. The van der Waals surface area contributed by atoms with Crippen molar-refractivity contribution in [3.05, 3.63) is 33.8 Å². The molecule has 0 amide bonds. The first kappa shape index (κ1) is 13.1. The van der Waals surface area contributed by atoms with Gasteiger partial charge in [0.1, 0.15) is 0 Å². The van der Waals surface area contributed by atoms with E-state index in [9.17, 15) is 0 Å². The van der Waals surface area contributed by atoms with Gasteiger partial charge in [0.2, 0.25) is 0 Å². The van der Waals surface area contributed by atoms with Gasteiger partial charge in [-0.25, -0.2) is 0 Å². The van der Waals surface area contributed by atoms with Gasteiger partial charge in [-0.2, -0.15) is 16.4 Å². The Bertz CT molecular complexity index is 511. The highest BCUT2D eigenvalue weighted by Crippen LogP contribution is 2.27. The van der Waals surface area contributed by atoms with Crippen LogP contribution >= 0.6 is 11.3 Å². The highest BCUT2D eigenvalue weighted by Gasteiger charge is 2.15. The highest BCUT2D eigenvalue weighted by molar-refractivity contribution is 7.07. The molecular weight excluding hydrogens is 242 g/mol. The summed E-state index contributed by atoms with van der Waals surface area (Å²) in [4.78, 5) is 0. The Morgan fingerprint density at radius 2 is 2.00 bits per heavy atom. The summed E-state index contributed by atoms with van der Waals surface area (Å²) in [5, 5.41) is 12.5. The van der Waals surface area contributed by atoms with E-state index < -0.39 is 0 Å². The highest BCUT2D eigenvalue weighted by atomic mass is 32.1. The maximum Gasteiger partial charge on any atom is 0.0828 e. The van der Waals surface area contributed by atoms with Crippen LogP contribution in [0.3, 0.4) is 0 Å². The molecule has 0 saturated heterocycles. The fourth-order valence-electron chi connectivity index (χ4n) is 2.20. The molecule has 98 valence electrons. The average molecular weight is 263 g/mol. The van der Waals surface area contributed by atoms with Crippen molar-refractivity contribution in [1.29, 1.82) is 0 Å². The molecule has 0 fully saturated rings. The maximum atomic E-state index is 4.60. The molecule has 4 heteroatoms. The van der Waals surface area contributed by atoms with Crippen molar-refractivity contribution in [1.82, 2.24) is 9.78 Å². The van der Waals surface area contributed by atoms with E-state index in [4.69, 9.17) is 0 Å². The van der Waals surface area contributed by atoms with Crippen molar-refractivity contribution in [2.45, 2.75) is 46.7 Å². The molecule has 2 rings (SSSR count). The van der Waals surface area contributed by atoms with Crippen LogP contribution in [0.4, 0.5) is 5.69 Å². The van der Waals surface area contributed by atoms with E-state index in [0.29, 0.717) is 12.1 Å². The molecule has 0 aliphatic heterocycles. The zero-order valence-corrected chi connectivity index (χ0v) is 12.5. The summed E-state index contributed by atoms with van der Waals surface area (Å²) in [6.07, 6.45) is 0. The van der Waals surface area contributed by atoms with Crippen LogP contribution in [0.2, 0.25) is 0 Å². The average Bonchev–Trinajstić information content (AvgIpc) is 2.92. The third kappa shape index (κ3) is 2.43. The lowest BCUT2D eigenvalue weighted by molar-refractivity contribution is 0.516. The van der Waals surface area contributed by atoms with Crippen molar-refractivity contribution in [3.63, 3.8) is 0 Å². The predicted molar refractivity (Wildman–Crippen MR) is 78.4 cm³/mol. The standard InChI is InChI=1S/C14H21N3S/c1-9(2)17-12(5)14(11(4)16-17)15-10(3)13-6-7-18-8-13/h6-10,15H,1-5H3. The van der Waals surface area contributed by atoms with E-state index in [-0.39, 0.29) is 0 Å². The summed E-state index contributed by atoms with van der Waals surface area (Å²) in [7, 11) is 0. The Labute approximate surface area is 113 Å². The number of nitrogens with zero attached hydrogens (tertiary/aromatic N) is 2. The maximum absolute atomic E-state index is 4.60. The van der Waals surface area contributed by atoms with E-state index in [0.717, 1.165) is 5.69 Å². The van der Waals surface area contributed by atoms with Crippen LogP contribution in [-0.2, 0) is 0 Å². The Morgan fingerprint density at radius 1 is 1.28 bits per heavy atom. The number of nitrogens with one attached hydrogen (secondary N) is 1.